The molecule has 1 saturated carbocycles. The molecule has 1 N–H and O–H groups in total. The summed E-state index contributed by atoms with van der Waals surface area (Å²) >= 11 is 0. The smallest absolute Gasteiger partial charge is 0.255 e. The van der Waals surface area contributed by atoms with Crippen LogP contribution in [-0.2, 0) is 6.61 Å². The number of tetrazole rings is 1. The van der Waals surface area contributed by atoms with Crippen molar-refractivity contribution in [1.82, 2.24) is 25.4 Å². The Hall–Kier alpha value is -4.01. The molecule has 1 aliphatic rings. The first-order valence-electron chi connectivity index (χ1n) is 10.4. The van der Waals surface area contributed by atoms with E-state index in [1.54, 1.807) is 18.2 Å². The molecule has 0 bridgehead atoms. The quantitative estimate of drug-likeness (QED) is 0.470. The van der Waals surface area contributed by atoms with E-state index in [1.807, 2.05) is 48.9 Å². The Morgan fingerprint density at radius 3 is 2.72 bits per heavy atom. The van der Waals surface area contributed by atoms with Crippen LogP contribution >= 0.6 is 0 Å². The van der Waals surface area contributed by atoms with Gasteiger partial charge in [-0.25, -0.2) is 4.68 Å². The predicted octanol–water partition coefficient (Wildman–Crippen LogP) is 4.11. The van der Waals surface area contributed by atoms with E-state index in [0.29, 0.717) is 29.6 Å². The molecule has 2 heterocycles. The van der Waals surface area contributed by atoms with Gasteiger partial charge in [0, 0.05) is 16.8 Å². The predicted molar refractivity (Wildman–Crippen MR) is 116 cm³/mol. The van der Waals surface area contributed by atoms with Crippen molar-refractivity contribution in [2.24, 2.45) is 0 Å². The van der Waals surface area contributed by atoms with E-state index in [0.717, 1.165) is 41.2 Å². The lowest BCUT2D eigenvalue weighted by Gasteiger charge is -2.09. The van der Waals surface area contributed by atoms with Crippen LogP contribution in [0.15, 0.2) is 53.1 Å². The van der Waals surface area contributed by atoms with E-state index in [1.165, 1.54) is 0 Å². The molecule has 0 unspecified atom stereocenters. The first kappa shape index (κ1) is 19.9. The maximum atomic E-state index is 12.7. The average Bonchev–Trinajstić information content (AvgIpc) is 3.45. The monoisotopic (exact) mass is 430 g/mol. The summed E-state index contributed by atoms with van der Waals surface area (Å²) in [5, 5.41) is 18.9. The molecular weight excluding hydrogens is 408 g/mol. The fourth-order valence-electron chi connectivity index (χ4n) is 3.45. The molecule has 4 aromatic rings. The molecule has 5 rings (SSSR count). The van der Waals surface area contributed by atoms with Crippen LogP contribution in [0.4, 0.5) is 5.69 Å². The summed E-state index contributed by atoms with van der Waals surface area (Å²) in [7, 11) is 0. The summed E-state index contributed by atoms with van der Waals surface area (Å²) < 4.78 is 12.9. The van der Waals surface area contributed by atoms with Crippen LogP contribution in [0.25, 0.3) is 11.4 Å². The average molecular weight is 430 g/mol. The van der Waals surface area contributed by atoms with Crippen molar-refractivity contribution >= 4 is 11.6 Å². The third-order valence-corrected chi connectivity index (χ3v) is 5.45. The van der Waals surface area contributed by atoms with Gasteiger partial charge in [0.25, 0.3) is 5.91 Å². The minimum atomic E-state index is -0.219. The largest absolute Gasteiger partial charge is 0.489 e. The lowest BCUT2D eigenvalue weighted by Crippen LogP contribution is -2.12. The minimum absolute atomic E-state index is 0.219. The molecule has 1 aliphatic carbocycles. The van der Waals surface area contributed by atoms with Crippen LogP contribution < -0.4 is 10.1 Å². The number of nitrogens with zero attached hydrogens (tertiary/aromatic N) is 5. The molecule has 0 aliphatic heterocycles. The van der Waals surface area contributed by atoms with Crippen LogP contribution in [-0.4, -0.2) is 31.3 Å². The number of hydrogen-bond donors (Lipinski definition) is 1. The van der Waals surface area contributed by atoms with Gasteiger partial charge in [0.15, 0.2) is 5.82 Å². The summed E-state index contributed by atoms with van der Waals surface area (Å²) in [6, 6.07) is 15.0. The molecule has 9 heteroatoms. The van der Waals surface area contributed by atoms with Crippen molar-refractivity contribution in [3.8, 4) is 17.1 Å². The van der Waals surface area contributed by atoms with Crippen molar-refractivity contribution in [3.63, 3.8) is 0 Å². The van der Waals surface area contributed by atoms with Crippen LogP contribution in [0.3, 0.4) is 0 Å². The third-order valence-electron chi connectivity index (χ3n) is 5.45. The Balaban J connectivity index is 1.25. The second kappa shape index (κ2) is 8.26. The maximum absolute atomic E-state index is 12.7. The number of aromatic nitrogens is 5. The van der Waals surface area contributed by atoms with Gasteiger partial charge in [-0.15, -0.1) is 5.10 Å². The Morgan fingerprint density at radius 1 is 1.19 bits per heavy atom. The summed E-state index contributed by atoms with van der Waals surface area (Å²) in [5.41, 5.74) is 3.81. The van der Waals surface area contributed by atoms with Gasteiger partial charge in [0.05, 0.1) is 17.3 Å². The molecule has 1 fully saturated rings. The number of amides is 1. The van der Waals surface area contributed by atoms with Crippen LogP contribution in [0.2, 0.25) is 0 Å². The lowest BCUT2D eigenvalue weighted by atomic mass is 10.1. The fraction of sp³-hybridized carbons (Fsp3) is 0.261. The highest BCUT2D eigenvalue weighted by Crippen LogP contribution is 2.36. The second-order valence-electron chi connectivity index (χ2n) is 7.83. The molecule has 162 valence electrons. The van der Waals surface area contributed by atoms with Crippen molar-refractivity contribution in [1.29, 1.82) is 0 Å². The van der Waals surface area contributed by atoms with Gasteiger partial charge < -0.3 is 14.6 Å². The molecule has 2 aromatic heterocycles. The first-order valence-corrected chi connectivity index (χ1v) is 10.4. The number of carbonyl (C=O) groups excluding carboxylic acids is 1. The number of nitrogens with one attached hydrogen (secondary N) is 1. The second-order valence-corrected chi connectivity index (χ2v) is 7.83. The number of rotatable bonds is 7. The molecule has 0 spiro atoms. The molecule has 32 heavy (non-hydrogen) atoms. The molecule has 1 amide bonds. The highest BCUT2D eigenvalue weighted by molar-refractivity contribution is 6.04. The summed E-state index contributed by atoms with van der Waals surface area (Å²) in [4.78, 5) is 12.7. The summed E-state index contributed by atoms with van der Waals surface area (Å²) in [6.07, 6.45) is 2.21. The van der Waals surface area contributed by atoms with E-state index >= 15 is 0 Å². The van der Waals surface area contributed by atoms with E-state index in [2.05, 4.69) is 26.0 Å². The number of aryl methyl sites for hydroxylation is 2. The van der Waals surface area contributed by atoms with Crippen molar-refractivity contribution < 1.29 is 14.1 Å². The Morgan fingerprint density at radius 2 is 2.00 bits per heavy atom. The minimum Gasteiger partial charge on any atom is -0.489 e. The SMILES string of the molecule is Cc1noc(C)c1COc1cccc(C(=O)Nc2ccc(-c3nnnn3C3CC3)cc2)c1. The number of carbonyl (C=O) groups is 1. The van der Waals surface area contributed by atoms with E-state index in [-0.39, 0.29) is 5.91 Å². The third kappa shape index (κ3) is 4.09. The van der Waals surface area contributed by atoms with Gasteiger partial charge in [-0.1, -0.05) is 11.2 Å². The summed E-state index contributed by atoms with van der Waals surface area (Å²) in [6.45, 7) is 4.05. The Labute approximate surface area is 184 Å². The molecular formula is C23H22N6O3. The number of benzene rings is 2. The molecule has 0 saturated heterocycles. The van der Waals surface area contributed by atoms with Crippen molar-refractivity contribution in [2.45, 2.75) is 39.3 Å². The van der Waals surface area contributed by atoms with Crippen molar-refractivity contribution in [2.75, 3.05) is 5.32 Å². The van der Waals surface area contributed by atoms with Gasteiger partial charge in [-0.3, -0.25) is 4.79 Å². The van der Waals surface area contributed by atoms with Crippen LogP contribution in [0.1, 0.15) is 46.3 Å². The van der Waals surface area contributed by atoms with Gasteiger partial charge in [0.2, 0.25) is 0 Å². The fourth-order valence-corrected chi connectivity index (χ4v) is 3.45. The number of anilines is 1. The molecule has 9 nitrogen and oxygen atoms in total. The highest BCUT2D eigenvalue weighted by Gasteiger charge is 2.28. The van der Waals surface area contributed by atoms with E-state index in [4.69, 9.17) is 9.26 Å². The zero-order valence-corrected chi connectivity index (χ0v) is 17.8. The van der Waals surface area contributed by atoms with Gasteiger partial charge >= 0.3 is 0 Å². The topological polar surface area (TPSA) is 108 Å². The van der Waals surface area contributed by atoms with Crippen molar-refractivity contribution in [3.05, 3.63) is 71.1 Å². The van der Waals surface area contributed by atoms with Gasteiger partial charge in [-0.2, -0.15) is 0 Å². The normalized spacial score (nSPS) is 13.2. The number of ether oxygens (including phenoxy) is 1. The standard InChI is InChI=1S/C23H22N6O3/c1-14-21(15(2)32-26-14)13-31-20-5-3-4-17(12-20)23(30)24-18-8-6-16(7-9-18)22-25-27-28-29(22)19-10-11-19/h3-9,12,19H,10-11,13H2,1-2H3,(H,24,30). The van der Waals surface area contributed by atoms with Crippen LogP contribution in [0, 0.1) is 13.8 Å². The zero-order chi connectivity index (χ0) is 22.1. The first-order chi connectivity index (χ1) is 15.6. The molecule has 0 radical (unpaired) electrons. The van der Waals surface area contributed by atoms with Gasteiger partial charge in [-0.05, 0) is 79.6 Å². The summed E-state index contributed by atoms with van der Waals surface area (Å²) in [5.74, 6) is 1.85. The Kier molecular flexibility index (Phi) is 5.14. The maximum Gasteiger partial charge on any atom is 0.255 e. The highest BCUT2D eigenvalue weighted by atomic mass is 16.5. The Bertz CT molecular complexity index is 1240. The zero-order valence-electron chi connectivity index (χ0n) is 17.8. The molecule has 2 aromatic carbocycles. The van der Waals surface area contributed by atoms with E-state index in [9.17, 15) is 4.79 Å². The van der Waals surface area contributed by atoms with Crippen LogP contribution in [0.5, 0.6) is 5.75 Å². The van der Waals surface area contributed by atoms with E-state index < -0.39 is 0 Å². The van der Waals surface area contributed by atoms with Gasteiger partial charge in [0.1, 0.15) is 18.1 Å². The number of hydrogen-bond acceptors (Lipinski definition) is 7. The molecule has 0 atom stereocenters. The lowest BCUT2D eigenvalue weighted by molar-refractivity contribution is 0.102.